The lowest BCUT2D eigenvalue weighted by Gasteiger charge is -2.18. The van der Waals surface area contributed by atoms with E-state index >= 15 is 0 Å². The molecule has 2 rings (SSSR count). The molecule has 0 radical (unpaired) electrons. The van der Waals surface area contributed by atoms with Gasteiger partial charge in [0.05, 0.1) is 22.3 Å². The highest BCUT2D eigenvalue weighted by molar-refractivity contribution is 6.39. The zero-order valence-electron chi connectivity index (χ0n) is 15.1. The van der Waals surface area contributed by atoms with Crippen molar-refractivity contribution in [2.75, 3.05) is 18.9 Å². The number of nitrogens with zero attached hydrogens (tertiary/aromatic N) is 1. The second kappa shape index (κ2) is 9.06. The third-order valence-corrected chi connectivity index (χ3v) is 4.43. The molecule has 0 saturated heterocycles. The van der Waals surface area contributed by atoms with Crippen LogP contribution in [0.3, 0.4) is 0 Å². The van der Waals surface area contributed by atoms with E-state index in [-0.39, 0.29) is 18.4 Å². The number of carbonyl (C=O) groups excluding carboxylic acids is 2. The van der Waals surface area contributed by atoms with Crippen LogP contribution in [0.5, 0.6) is 0 Å². The lowest BCUT2D eigenvalue weighted by Crippen LogP contribution is -2.35. The Kier molecular flexibility index (Phi) is 7.06. The Morgan fingerprint density at radius 2 is 1.62 bits per heavy atom. The standard InChI is InChI=1S/C20H22Cl2N2O2/c1-13(2)11-14-7-9-15(10-8-14)20(26)24(3)12-18(25)23-19-16(21)5-4-6-17(19)22/h4-10,13H,11-12H2,1-3H3,(H,23,25). The first-order valence-electron chi connectivity index (χ1n) is 8.36. The van der Waals surface area contributed by atoms with Crippen molar-refractivity contribution in [2.45, 2.75) is 20.3 Å². The average Bonchev–Trinajstić information content (AvgIpc) is 2.58. The molecule has 6 heteroatoms. The van der Waals surface area contributed by atoms with Gasteiger partial charge in [-0.05, 0) is 42.2 Å². The van der Waals surface area contributed by atoms with Crippen molar-refractivity contribution in [3.8, 4) is 0 Å². The zero-order chi connectivity index (χ0) is 19.3. The second-order valence-electron chi connectivity index (χ2n) is 6.60. The SMILES string of the molecule is CC(C)Cc1ccc(C(=O)N(C)CC(=O)Nc2c(Cl)cccc2Cl)cc1. The molecule has 0 spiro atoms. The predicted octanol–water partition coefficient (Wildman–Crippen LogP) is 4.90. The highest BCUT2D eigenvalue weighted by atomic mass is 35.5. The molecule has 2 aromatic rings. The lowest BCUT2D eigenvalue weighted by atomic mass is 10.0. The van der Waals surface area contributed by atoms with Gasteiger partial charge in [-0.2, -0.15) is 0 Å². The Balaban J connectivity index is 1.99. The summed E-state index contributed by atoms with van der Waals surface area (Å²) in [6, 6.07) is 12.4. The minimum absolute atomic E-state index is 0.103. The van der Waals surface area contributed by atoms with Crippen LogP contribution in [0.4, 0.5) is 5.69 Å². The van der Waals surface area contributed by atoms with Gasteiger partial charge in [-0.3, -0.25) is 9.59 Å². The number of benzene rings is 2. The molecular weight excluding hydrogens is 371 g/mol. The van der Waals surface area contributed by atoms with E-state index in [4.69, 9.17) is 23.2 Å². The third kappa shape index (κ3) is 5.48. The van der Waals surface area contributed by atoms with Gasteiger partial charge >= 0.3 is 0 Å². The van der Waals surface area contributed by atoms with E-state index in [0.717, 1.165) is 6.42 Å². The number of hydrogen-bond donors (Lipinski definition) is 1. The number of anilines is 1. The van der Waals surface area contributed by atoms with Crippen LogP contribution >= 0.6 is 23.2 Å². The maximum atomic E-state index is 12.5. The van der Waals surface area contributed by atoms with Crippen LogP contribution in [0.1, 0.15) is 29.8 Å². The largest absolute Gasteiger partial charge is 0.332 e. The normalized spacial score (nSPS) is 10.7. The smallest absolute Gasteiger partial charge is 0.254 e. The van der Waals surface area contributed by atoms with Gasteiger partial charge in [-0.1, -0.05) is 55.2 Å². The fraction of sp³-hybridized carbons (Fsp3) is 0.300. The number of para-hydroxylation sites is 1. The molecular formula is C20H22Cl2N2O2. The summed E-state index contributed by atoms with van der Waals surface area (Å²) in [6.07, 6.45) is 0.964. The fourth-order valence-corrected chi connectivity index (χ4v) is 3.05. The first-order chi connectivity index (χ1) is 12.3. The van der Waals surface area contributed by atoms with E-state index in [0.29, 0.717) is 27.2 Å². The molecule has 0 aliphatic rings. The number of halogens is 2. The minimum Gasteiger partial charge on any atom is -0.332 e. The lowest BCUT2D eigenvalue weighted by molar-refractivity contribution is -0.116. The molecule has 0 unspecified atom stereocenters. The topological polar surface area (TPSA) is 49.4 Å². The molecule has 0 aromatic heterocycles. The fourth-order valence-electron chi connectivity index (χ4n) is 2.56. The van der Waals surface area contributed by atoms with Crippen molar-refractivity contribution in [1.82, 2.24) is 4.90 Å². The van der Waals surface area contributed by atoms with Gasteiger partial charge in [0, 0.05) is 12.6 Å². The maximum Gasteiger partial charge on any atom is 0.254 e. The van der Waals surface area contributed by atoms with Gasteiger partial charge in [0.15, 0.2) is 0 Å². The summed E-state index contributed by atoms with van der Waals surface area (Å²) in [5.41, 5.74) is 2.08. The van der Waals surface area contributed by atoms with Gasteiger partial charge < -0.3 is 10.2 Å². The Labute approximate surface area is 164 Å². The summed E-state index contributed by atoms with van der Waals surface area (Å²) >= 11 is 12.1. The van der Waals surface area contributed by atoms with Crippen molar-refractivity contribution >= 4 is 40.7 Å². The van der Waals surface area contributed by atoms with E-state index < -0.39 is 0 Å². The van der Waals surface area contributed by atoms with E-state index in [1.54, 1.807) is 37.4 Å². The molecule has 0 heterocycles. The number of amides is 2. The predicted molar refractivity (Wildman–Crippen MR) is 107 cm³/mol. The first kappa shape index (κ1) is 20.3. The Hall–Kier alpha value is -2.04. The highest BCUT2D eigenvalue weighted by Gasteiger charge is 2.16. The van der Waals surface area contributed by atoms with Crippen LogP contribution in [0.15, 0.2) is 42.5 Å². The molecule has 0 bridgehead atoms. The first-order valence-corrected chi connectivity index (χ1v) is 9.11. The maximum absolute atomic E-state index is 12.5. The van der Waals surface area contributed by atoms with E-state index in [2.05, 4.69) is 19.2 Å². The Morgan fingerprint density at radius 1 is 1.04 bits per heavy atom. The minimum atomic E-state index is -0.368. The summed E-state index contributed by atoms with van der Waals surface area (Å²) < 4.78 is 0. The molecule has 0 aliphatic carbocycles. The quantitative estimate of drug-likeness (QED) is 0.759. The summed E-state index contributed by atoms with van der Waals surface area (Å²) in [6.45, 7) is 4.20. The summed E-state index contributed by atoms with van der Waals surface area (Å²) in [5, 5.41) is 3.35. The van der Waals surface area contributed by atoms with E-state index in [9.17, 15) is 9.59 Å². The third-order valence-electron chi connectivity index (χ3n) is 3.80. The number of nitrogens with one attached hydrogen (secondary N) is 1. The number of rotatable bonds is 6. The number of likely N-dealkylation sites (N-methyl/N-ethyl adjacent to an activating group) is 1. The van der Waals surface area contributed by atoms with Crippen molar-refractivity contribution in [3.63, 3.8) is 0 Å². The average molecular weight is 393 g/mol. The van der Waals surface area contributed by atoms with Gasteiger partial charge in [0.1, 0.15) is 0 Å². The Bertz CT molecular complexity index is 769. The van der Waals surface area contributed by atoms with Crippen LogP contribution < -0.4 is 5.32 Å². The van der Waals surface area contributed by atoms with Crippen LogP contribution in [0.2, 0.25) is 10.0 Å². The molecule has 26 heavy (non-hydrogen) atoms. The molecule has 2 amide bonds. The second-order valence-corrected chi connectivity index (χ2v) is 7.42. The molecule has 0 atom stereocenters. The van der Waals surface area contributed by atoms with Crippen molar-refractivity contribution < 1.29 is 9.59 Å². The van der Waals surface area contributed by atoms with E-state index in [1.807, 2.05) is 12.1 Å². The summed E-state index contributed by atoms with van der Waals surface area (Å²) in [4.78, 5) is 26.1. The monoisotopic (exact) mass is 392 g/mol. The van der Waals surface area contributed by atoms with Crippen molar-refractivity contribution in [3.05, 3.63) is 63.6 Å². The van der Waals surface area contributed by atoms with Crippen LogP contribution in [0, 0.1) is 5.92 Å². The van der Waals surface area contributed by atoms with Crippen LogP contribution in [-0.4, -0.2) is 30.3 Å². The summed E-state index contributed by atoms with van der Waals surface area (Å²) in [5.74, 6) is -0.0339. The number of hydrogen-bond acceptors (Lipinski definition) is 2. The van der Waals surface area contributed by atoms with Crippen molar-refractivity contribution in [1.29, 1.82) is 0 Å². The molecule has 2 aromatic carbocycles. The number of carbonyl (C=O) groups is 2. The molecule has 1 N–H and O–H groups in total. The summed E-state index contributed by atoms with van der Waals surface area (Å²) in [7, 11) is 1.58. The molecule has 4 nitrogen and oxygen atoms in total. The van der Waals surface area contributed by atoms with Gasteiger partial charge in [-0.25, -0.2) is 0 Å². The highest BCUT2D eigenvalue weighted by Crippen LogP contribution is 2.29. The van der Waals surface area contributed by atoms with E-state index in [1.165, 1.54) is 10.5 Å². The van der Waals surface area contributed by atoms with Gasteiger partial charge in [0.25, 0.3) is 5.91 Å². The Morgan fingerprint density at radius 3 is 2.15 bits per heavy atom. The van der Waals surface area contributed by atoms with Crippen LogP contribution in [-0.2, 0) is 11.2 Å². The van der Waals surface area contributed by atoms with Crippen molar-refractivity contribution in [2.24, 2.45) is 5.92 Å². The molecule has 0 fully saturated rings. The zero-order valence-corrected chi connectivity index (χ0v) is 16.6. The van der Waals surface area contributed by atoms with Crippen LogP contribution in [0.25, 0.3) is 0 Å². The van der Waals surface area contributed by atoms with Gasteiger partial charge in [-0.15, -0.1) is 0 Å². The molecule has 0 aliphatic heterocycles. The molecule has 0 saturated carbocycles. The molecule has 138 valence electrons. The van der Waals surface area contributed by atoms with Gasteiger partial charge in [0.2, 0.25) is 5.91 Å².